The highest BCUT2D eigenvalue weighted by molar-refractivity contribution is 9.08. The smallest absolute Gasteiger partial charge is 0.166 e. The molecule has 0 radical (unpaired) electrons. The first-order chi connectivity index (χ1) is 8.13. The van der Waals surface area contributed by atoms with E-state index in [1.165, 1.54) is 6.07 Å². The molecule has 0 aromatic heterocycles. The zero-order valence-corrected chi connectivity index (χ0v) is 11.0. The van der Waals surface area contributed by atoms with Gasteiger partial charge < -0.3 is 0 Å². The Bertz CT molecular complexity index is 555. The fourth-order valence-electron chi connectivity index (χ4n) is 1.57. The van der Waals surface area contributed by atoms with Crippen LogP contribution in [-0.2, 0) is 5.33 Å². The summed E-state index contributed by atoms with van der Waals surface area (Å²) in [5, 5.41) is 1.17. The molecule has 2 aromatic carbocycles. The van der Waals surface area contributed by atoms with Crippen molar-refractivity contribution in [2.45, 2.75) is 5.33 Å². The first-order valence-electron chi connectivity index (χ1n) is 4.92. The lowest BCUT2D eigenvalue weighted by Crippen LogP contribution is -1.90. The minimum Gasteiger partial charge on any atom is -0.204 e. The van der Waals surface area contributed by atoms with Gasteiger partial charge in [0.2, 0.25) is 0 Å². The number of benzene rings is 2. The molecule has 0 heterocycles. The molecule has 0 N–H and O–H groups in total. The quantitative estimate of drug-likeness (QED) is 0.669. The molecule has 0 bridgehead atoms. The Morgan fingerprint density at radius 2 is 1.88 bits per heavy atom. The lowest BCUT2D eigenvalue weighted by molar-refractivity contribution is 0.511. The van der Waals surface area contributed by atoms with E-state index in [1.807, 2.05) is 0 Å². The summed E-state index contributed by atoms with van der Waals surface area (Å²) in [7, 11) is 0. The van der Waals surface area contributed by atoms with Gasteiger partial charge >= 0.3 is 0 Å². The van der Waals surface area contributed by atoms with E-state index in [1.54, 1.807) is 24.3 Å². The normalized spacial score (nSPS) is 10.6. The van der Waals surface area contributed by atoms with Crippen molar-refractivity contribution in [1.82, 2.24) is 0 Å². The third-order valence-electron chi connectivity index (χ3n) is 2.45. The van der Waals surface area contributed by atoms with Crippen molar-refractivity contribution in [3.63, 3.8) is 0 Å². The monoisotopic (exact) mass is 316 g/mol. The van der Waals surface area contributed by atoms with Crippen LogP contribution in [-0.4, -0.2) is 0 Å². The lowest BCUT2D eigenvalue weighted by Gasteiger charge is -2.07. The maximum Gasteiger partial charge on any atom is 0.166 e. The van der Waals surface area contributed by atoms with E-state index in [9.17, 15) is 8.78 Å². The molecule has 0 saturated carbocycles. The van der Waals surface area contributed by atoms with Gasteiger partial charge in [-0.25, -0.2) is 8.78 Å². The summed E-state index contributed by atoms with van der Waals surface area (Å²) in [6.45, 7) is 0. The van der Waals surface area contributed by atoms with E-state index in [0.29, 0.717) is 15.9 Å². The van der Waals surface area contributed by atoms with Gasteiger partial charge in [-0.15, -0.1) is 0 Å². The van der Waals surface area contributed by atoms with E-state index in [0.717, 1.165) is 11.6 Å². The summed E-state index contributed by atoms with van der Waals surface area (Å²) in [5.74, 6) is -1.69. The molecule has 0 unspecified atom stereocenters. The average molecular weight is 318 g/mol. The minimum atomic E-state index is -0.849. The molecule has 0 fully saturated rings. The van der Waals surface area contributed by atoms with Gasteiger partial charge in [0.15, 0.2) is 11.6 Å². The molecule has 0 nitrogen and oxygen atoms in total. The summed E-state index contributed by atoms with van der Waals surface area (Å²) in [5.41, 5.74) is 1.69. The van der Waals surface area contributed by atoms with Crippen LogP contribution in [0.3, 0.4) is 0 Å². The molecule has 0 aliphatic rings. The Hall–Kier alpha value is -0.930. The van der Waals surface area contributed by atoms with Crippen molar-refractivity contribution in [2.24, 2.45) is 0 Å². The first kappa shape index (κ1) is 12.5. The largest absolute Gasteiger partial charge is 0.204 e. The fraction of sp³-hybridized carbons (Fsp3) is 0.0769. The molecule has 17 heavy (non-hydrogen) atoms. The van der Waals surface area contributed by atoms with Gasteiger partial charge in [0, 0.05) is 15.9 Å². The summed E-state index contributed by atoms with van der Waals surface area (Å²) >= 11 is 9.25. The molecule has 2 aromatic rings. The van der Waals surface area contributed by atoms with Crippen molar-refractivity contribution < 1.29 is 8.78 Å². The van der Waals surface area contributed by atoms with Gasteiger partial charge in [0.05, 0.1) is 0 Å². The number of rotatable bonds is 2. The molecule has 0 aliphatic heterocycles. The Morgan fingerprint density at radius 1 is 1.12 bits per heavy atom. The van der Waals surface area contributed by atoms with Crippen LogP contribution >= 0.6 is 27.5 Å². The van der Waals surface area contributed by atoms with Crippen molar-refractivity contribution in [2.75, 3.05) is 0 Å². The van der Waals surface area contributed by atoms with Gasteiger partial charge in [-0.3, -0.25) is 0 Å². The third kappa shape index (κ3) is 2.50. The summed E-state index contributed by atoms with van der Waals surface area (Å²) in [4.78, 5) is 0. The van der Waals surface area contributed by atoms with E-state index in [-0.39, 0.29) is 5.56 Å². The van der Waals surface area contributed by atoms with Crippen LogP contribution in [0.25, 0.3) is 11.1 Å². The molecule has 0 saturated heterocycles. The number of halogens is 4. The van der Waals surface area contributed by atoms with Gasteiger partial charge in [-0.05, 0) is 29.3 Å². The molecular formula is C13H8BrClF2. The van der Waals surface area contributed by atoms with E-state index in [2.05, 4.69) is 15.9 Å². The third-order valence-corrected chi connectivity index (χ3v) is 3.43. The van der Waals surface area contributed by atoms with Crippen molar-refractivity contribution in [1.29, 1.82) is 0 Å². The van der Waals surface area contributed by atoms with Crippen LogP contribution in [0.1, 0.15) is 5.56 Å². The Morgan fingerprint density at radius 3 is 2.59 bits per heavy atom. The van der Waals surface area contributed by atoms with Crippen LogP contribution in [0, 0.1) is 11.6 Å². The topological polar surface area (TPSA) is 0 Å². The van der Waals surface area contributed by atoms with Gasteiger partial charge in [-0.1, -0.05) is 45.7 Å². The van der Waals surface area contributed by atoms with Crippen LogP contribution in [0.2, 0.25) is 5.02 Å². The van der Waals surface area contributed by atoms with Gasteiger partial charge in [-0.2, -0.15) is 0 Å². The highest BCUT2D eigenvalue weighted by Gasteiger charge is 2.10. The average Bonchev–Trinajstić information content (AvgIpc) is 2.34. The Kier molecular flexibility index (Phi) is 3.79. The molecule has 2 rings (SSSR count). The molecule has 4 heteroatoms. The Balaban J connectivity index is 2.57. The predicted octanol–water partition coefficient (Wildman–Crippen LogP) is 5.18. The van der Waals surface area contributed by atoms with Crippen LogP contribution in [0.15, 0.2) is 36.4 Å². The zero-order valence-electron chi connectivity index (χ0n) is 8.68. The summed E-state index contributed by atoms with van der Waals surface area (Å²) in [6, 6.07) is 9.22. The first-order valence-corrected chi connectivity index (χ1v) is 6.42. The van der Waals surface area contributed by atoms with E-state index < -0.39 is 11.6 Å². The maximum absolute atomic E-state index is 13.6. The van der Waals surface area contributed by atoms with Crippen molar-refractivity contribution >= 4 is 27.5 Å². The second kappa shape index (κ2) is 5.15. The SMILES string of the molecule is Fc1cccc(-c2ccc(Cl)c(CBr)c2)c1F. The standard InChI is InChI=1S/C13H8BrClF2/c14-7-9-6-8(4-5-11(9)15)10-2-1-3-12(16)13(10)17/h1-6H,7H2. The van der Waals surface area contributed by atoms with E-state index in [4.69, 9.17) is 11.6 Å². The minimum absolute atomic E-state index is 0.240. The molecule has 0 atom stereocenters. The summed E-state index contributed by atoms with van der Waals surface area (Å²) < 4.78 is 26.7. The second-order valence-corrected chi connectivity index (χ2v) is 4.51. The number of hydrogen-bond acceptors (Lipinski definition) is 0. The number of alkyl halides is 1. The predicted molar refractivity (Wildman–Crippen MR) is 69.4 cm³/mol. The molecule has 0 aliphatic carbocycles. The lowest BCUT2D eigenvalue weighted by atomic mass is 10.0. The van der Waals surface area contributed by atoms with Crippen molar-refractivity contribution in [3.05, 3.63) is 58.6 Å². The van der Waals surface area contributed by atoms with Gasteiger partial charge in [0.25, 0.3) is 0 Å². The highest BCUT2D eigenvalue weighted by atomic mass is 79.9. The zero-order chi connectivity index (χ0) is 12.4. The van der Waals surface area contributed by atoms with Crippen LogP contribution in [0.5, 0.6) is 0 Å². The fourth-order valence-corrected chi connectivity index (χ4v) is 2.38. The van der Waals surface area contributed by atoms with Crippen LogP contribution < -0.4 is 0 Å². The molecule has 0 spiro atoms. The second-order valence-electron chi connectivity index (χ2n) is 3.54. The van der Waals surface area contributed by atoms with Crippen molar-refractivity contribution in [3.8, 4) is 11.1 Å². The number of hydrogen-bond donors (Lipinski definition) is 0. The van der Waals surface area contributed by atoms with Crippen LogP contribution in [0.4, 0.5) is 8.78 Å². The Labute approximate surface area is 111 Å². The van der Waals surface area contributed by atoms with E-state index >= 15 is 0 Å². The summed E-state index contributed by atoms with van der Waals surface area (Å²) in [6.07, 6.45) is 0. The highest BCUT2D eigenvalue weighted by Crippen LogP contribution is 2.29. The maximum atomic E-state index is 13.6. The molecule has 88 valence electrons. The molecular weight excluding hydrogens is 309 g/mol. The van der Waals surface area contributed by atoms with Gasteiger partial charge in [0.1, 0.15) is 0 Å². The molecule has 0 amide bonds.